The molecule has 8 heteroatoms. The van der Waals surface area contributed by atoms with Crippen molar-refractivity contribution in [2.75, 3.05) is 45.9 Å². The van der Waals surface area contributed by atoms with Crippen LogP contribution in [0.4, 0.5) is 4.79 Å². The number of carbonyl (C=O) groups is 3. The Labute approximate surface area is 128 Å². The minimum Gasteiger partial charge on any atom is -0.370 e. The van der Waals surface area contributed by atoms with Crippen molar-refractivity contribution < 1.29 is 24.0 Å². The SMILES string of the molecule is C=CCN1C(=O)NC(=O)[C@H](C=NCC[NH+]2CCOCC2)C1=O. The Morgan fingerprint density at radius 1 is 1.36 bits per heavy atom. The highest BCUT2D eigenvalue weighted by atomic mass is 16.5. The number of nitrogens with one attached hydrogen (secondary N) is 2. The lowest BCUT2D eigenvalue weighted by molar-refractivity contribution is -0.906. The molecule has 2 aliphatic heterocycles. The van der Waals surface area contributed by atoms with E-state index in [0.29, 0.717) is 6.54 Å². The van der Waals surface area contributed by atoms with E-state index in [9.17, 15) is 14.4 Å². The van der Waals surface area contributed by atoms with Crippen molar-refractivity contribution in [2.24, 2.45) is 10.9 Å². The first-order valence-electron chi connectivity index (χ1n) is 7.32. The van der Waals surface area contributed by atoms with Gasteiger partial charge in [0.2, 0.25) is 11.8 Å². The van der Waals surface area contributed by atoms with Crippen molar-refractivity contribution in [3.05, 3.63) is 12.7 Å². The number of urea groups is 1. The van der Waals surface area contributed by atoms with E-state index in [4.69, 9.17) is 4.74 Å². The molecule has 0 radical (unpaired) electrons. The van der Waals surface area contributed by atoms with Crippen LogP contribution >= 0.6 is 0 Å². The number of amides is 4. The molecule has 0 aromatic carbocycles. The summed E-state index contributed by atoms with van der Waals surface area (Å²) in [6.07, 6.45) is 2.77. The fourth-order valence-corrected chi connectivity index (χ4v) is 2.38. The molecule has 0 saturated carbocycles. The smallest absolute Gasteiger partial charge is 0.331 e. The lowest BCUT2D eigenvalue weighted by Gasteiger charge is -2.27. The van der Waals surface area contributed by atoms with Crippen molar-refractivity contribution in [2.45, 2.75) is 0 Å². The minimum atomic E-state index is -1.04. The molecular weight excluding hydrogens is 288 g/mol. The van der Waals surface area contributed by atoms with E-state index in [0.717, 1.165) is 37.7 Å². The van der Waals surface area contributed by atoms with Crippen LogP contribution in [0.15, 0.2) is 17.6 Å². The van der Waals surface area contributed by atoms with E-state index in [1.807, 2.05) is 0 Å². The van der Waals surface area contributed by atoms with Gasteiger partial charge in [0.1, 0.15) is 13.1 Å². The number of hydrogen-bond donors (Lipinski definition) is 2. The molecule has 1 atom stereocenters. The van der Waals surface area contributed by atoms with E-state index in [1.54, 1.807) is 0 Å². The maximum atomic E-state index is 12.1. The maximum absolute atomic E-state index is 12.1. The van der Waals surface area contributed by atoms with Gasteiger partial charge in [0, 0.05) is 12.8 Å². The van der Waals surface area contributed by atoms with Crippen LogP contribution in [0.2, 0.25) is 0 Å². The third kappa shape index (κ3) is 3.99. The van der Waals surface area contributed by atoms with Crippen LogP contribution < -0.4 is 10.2 Å². The van der Waals surface area contributed by atoms with Crippen LogP contribution in [-0.4, -0.2) is 74.9 Å². The van der Waals surface area contributed by atoms with E-state index >= 15 is 0 Å². The van der Waals surface area contributed by atoms with Gasteiger partial charge in [-0.3, -0.25) is 24.8 Å². The van der Waals surface area contributed by atoms with Gasteiger partial charge >= 0.3 is 6.03 Å². The van der Waals surface area contributed by atoms with Crippen LogP contribution in [0, 0.1) is 5.92 Å². The van der Waals surface area contributed by atoms with Gasteiger partial charge in [-0.15, -0.1) is 6.58 Å². The number of carbonyl (C=O) groups excluding carboxylic acids is 3. The molecule has 2 heterocycles. The monoisotopic (exact) mass is 309 g/mol. The number of quaternary nitrogens is 1. The highest BCUT2D eigenvalue weighted by Crippen LogP contribution is 2.08. The first-order valence-corrected chi connectivity index (χ1v) is 7.32. The predicted molar refractivity (Wildman–Crippen MR) is 78.7 cm³/mol. The number of rotatable bonds is 6. The second-order valence-electron chi connectivity index (χ2n) is 5.18. The van der Waals surface area contributed by atoms with E-state index in [-0.39, 0.29) is 6.54 Å². The quantitative estimate of drug-likeness (QED) is 0.332. The third-order valence-corrected chi connectivity index (χ3v) is 3.65. The Kier molecular flexibility index (Phi) is 5.79. The number of nitrogens with zero attached hydrogens (tertiary/aromatic N) is 2. The van der Waals surface area contributed by atoms with Gasteiger partial charge in [0.25, 0.3) is 0 Å². The number of imide groups is 2. The normalized spacial score (nSPS) is 23.9. The van der Waals surface area contributed by atoms with E-state index in [2.05, 4.69) is 16.9 Å². The molecule has 2 saturated heterocycles. The summed E-state index contributed by atoms with van der Waals surface area (Å²) in [6.45, 7) is 8.31. The molecule has 0 aromatic rings. The third-order valence-electron chi connectivity index (χ3n) is 3.65. The van der Waals surface area contributed by atoms with Gasteiger partial charge in [-0.1, -0.05) is 6.08 Å². The molecule has 2 aliphatic rings. The molecule has 0 bridgehead atoms. The lowest BCUT2D eigenvalue weighted by Crippen LogP contribution is -3.14. The molecule has 0 aromatic heterocycles. The number of ether oxygens (including phenoxy) is 1. The second kappa shape index (κ2) is 7.81. The zero-order valence-electron chi connectivity index (χ0n) is 12.4. The Morgan fingerprint density at radius 2 is 2.09 bits per heavy atom. The fraction of sp³-hybridized carbons (Fsp3) is 0.571. The van der Waals surface area contributed by atoms with Crippen molar-refractivity contribution >= 4 is 24.1 Å². The van der Waals surface area contributed by atoms with Crippen LogP contribution in [0.5, 0.6) is 0 Å². The van der Waals surface area contributed by atoms with Gasteiger partial charge in [0.15, 0.2) is 5.92 Å². The standard InChI is InChI=1S/C14H20N4O4/c1-2-4-18-13(20)11(12(19)16-14(18)21)10-15-3-5-17-6-8-22-9-7-17/h2,10-11H,1,3-9H2,(H,16,19,21)/p+1/t11-/m0/s1. The van der Waals surface area contributed by atoms with Gasteiger partial charge in [0.05, 0.1) is 26.3 Å². The molecule has 0 spiro atoms. The zero-order chi connectivity index (χ0) is 15.9. The van der Waals surface area contributed by atoms with Gasteiger partial charge in [-0.05, 0) is 0 Å². The summed E-state index contributed by atoms with van der Waals surface area (Å²) in [7, 11) is 0. The molecule has 2 N–H and O–H groups in total. The summed E-state index contributed by atoms with van der Waals surface area (Å²) in [5, 5.41) is 2.15. The van der Waals surface area contributed by atoms with Crippen molar-refractivity contribution in [3.63, 3.8) is 0 Å². The van der Waals surface area contributed by atoms with Crippen molar-refractivity contribution in [1.29, 1.82) is 0 Å². The van der Waals surface area contributed by atoms with Crippen LogP contribution in [0.3, 0.4) is 0 Å². The van der Waals surface area contributed by atoms with Gasteiger partial charge in [-0.2, -0.15) is 0 Å². The first-order chi connectivity index (χ1) is 10.6. The molecule has 2 rings (SSSR count). The summed E-state index contributed by atoms with van der Waals surface area (Å²) in [5.74, 6) is -2.23. The Bertz CT molecular complexity index is 485. The highest BCUT2D eigenvalue weighted by Gasteiger charge is 2.38. The summed E-state index contributed by atoms with van der Waals surface area (Å²) >= 11 is 0. The van der Waals surface area contributed by atoms with Crippen LogP contribution in [0.25, 0.3) is 0 Å². The zero-order valence-corrected chi connectivity index (χ0v) is 12.4. The van der Waals surface area contributed by atoms with Crippen LogP contribution in [0.1, 0.15) is 0 Å². The largest absolute Gasteiger partial charge is 0.370 e. The number of morpholine rings is 1. The molecule has 22 heavy (non-hydrogen) atoms. The molecule has 8 nitrogen and oxygen atoms in total. The van der Waals surface area contributed by atoms with Crippen molar-refractivity contribution in [1.82, 2.24) is 10.2 Å². The maximum Gasteiger partial charge on any atom is 0.331 e. The Morgan fingerprint density at radius 3 is 2.77 bits per heavy atom. The molecule has 0 aliphatic carbocycles. The highest BCUT2D eigenvalue weighted by molar-refractivity contribution is 6.23. The summed E-state index contributed by atoms with van der Waals surface area (Å²) in [6, 6.07) is -0.711. The Hall–Kier alpha value is -2.06. The van der Waals surface area contributed by atoms with E-state index in [1.165, 1.54) is 17.2 Å². The summed E-state index contributed by atoms with van der Waals surface area (Å²) in [4.78, 5) is 41.9. The number of aliphatic imine (C=N–C) groups is 1. The second-order valence-corrected chi connectivity index (χ2v) is 5.18. The topological polar surface area (TPSA) is 92.5 Å². The van der Waals surface area contributed by atoms with Gasteiger partial charge in [-0.25, -0.2) is 4.79 Å². The molecule has 0 unspecified atom stereocenters. The molecule has 4 amide bonds. The minimum absolute atomic E-state index is 0.0697. The Balaban J connectivity index is 1.87. The van der Waals surface area contributed by atoms with Gasteiger partial charge < -0.3 is 9.64 Å². The number of hydrogen-bond acceptors (Lipinski definition) is 5. The van der Waals surface area contributed by atoms with Crippen LogP contribution in [-0.2, 0) is 14.3 Å². The molecule has 2 fully saturated rings. The number of barbiturate groups is 1. The predicted octanol–water partition coefficient (Wildman–Crippen LogP) is -2.15. The van der Waals surface area contributed by atoms with Crippen molar-refractivity contribution in [3.8, 4) is 0 Å². The molecule has 120 valence electrons. The lowest BCUT2D eigenvalue weighted by atomic mass is 10.1. The average molecular weight is 309 g/mol. The summed E-state index contributed by atoms with van der Waals surface area (Å²) < 4.78 is 5.27. The first kappa shape index (κ1) is 16.3. The summed E-state index contributed by atoms with van der Waals surface area (Å²) in [5.41, 5.74) is 0. The average Bonchev–Trinajstić information content (AvgIpc) is 2.51. The molecular formula is C14H21N4O4+. The van der Waals surface area contributed by atoms with E-state index < -0.39 is 23.8 Å². The fourth-order valence-electron chi connectivity index (χ4n) is 2.38.